The Morgan fingerprint density at radius 3 is 2.29 bits per heavy atom. The van der Waals surface area contributed by atoms with Crippen LogP contribution in [0.2, 0.25) is 10.0 Å². The summed E-state index contributed by atoms with van der Waals surface area (Å²) < 4.78 is 56.0. The highest BCUT2D eigenvalue weighted by Crippen LogP contribution is 2.41. The number of likely N-dealkylation sites (tertiary alicyclic amines) is 1. The molecule has 3 atom stereocenters. The molecule has 1 aromatic carbocycles. The van der Waals surface area contributed by atoms with Crippen LogP contribution < -0.4 is 9.46 Å². The van der Waals surface area contributed by atoms with E-state index in [1.54, 1.807) is 39.0 Å². The van der Waals surface area contributed by atoms with Crippen LogP contribution in [0.25, 0.3) is 0 Å². The van der Waals surface area contributed by atoms with E-state index in [4.69, 9.17) is 32.7 Å². The number of carbonyl (C=O) groups excluding carboxylic acids is 1. The predicted octanol–water partition coefficient (Wildman–Crippen LogP) is 5.70. The minimum absolute atomic E-state index is 0.0575. The molecule has 2 aliphatic rings. The second-order valence-electron chi connectivity index (χ2n) is 12.5. The van der Waals surface area contributed by atoms with Gasteiger partial charge in [0.15, 0.2) is 0 Å². The third-order valence-corrected chi connectivity index (χ3v) is 11.7. The number of hydrogen-bond donors (Lipinski definition) is 1. The zero-order valence-corrected chi connectivity index (χ0v) is 27.9. The molecule has 1 N–H and O–H groups in total. The largest absolute Gasteiger partial charge is 0.489 e. The molecule has 13 heteroatoms. The molecule has 2 saturated heterocycles. The maximum atomic E-state index is 13.6. The van der Waals surface area contributed by atoms with Crippen molar-refractivity contribution in [2.75, 3.05) is 32.8 Å². The van der Waals surface area contributed by atoms with Crippen LogP contribution in [0.3, 0.4) is 0 Å². The minimum atomic E-state index is -3.64. The monoisotopic (exact) mass is 651 g/mol. The van der Waals surface area contributed by atoms with Crippen molar-refractivity contribution in [3.63, 3.8) is 0 Å². The molecular weight excluding hydrogens is 609 g/mol. The van der Waals surface area contributed by atoms with E-state index in [9.17, 15) is 17.4 Å². The van der Waals surface area contributed by atoms with E-state index in [-0.39, 0.29) is 19.1 Å². The van der Waals surface area contributed by atoms with Gasteiger partial charge in [-0.25, -0.2) is 26.4 Å². The number of nitrogens with one attached hydrogen (secondary N) is 1. The van der Waals surface area contributed by atoms with Crippen molar-refractivity contribution in [1.82, 2.24) is 13.9 Å². The van der Waals surface area contributed by atoms with E-state index < -0.39 is 48.7 Å². The zero-order valence-electron chi connectivity index (χ0n) is 24.7. The third kappa shape index (κ3) is 8.83. The lowest BCUT2D eigenvalue weighted by Crippen LogP contribution is -2.47. The van der Waals surface area contributed by atoms with Gasteiger partial charge in [-0.3, -0.25) is 0 Å². The van der Waals surface area contributed by atoms with Crippen molar-refractivity contribution in [3.05, 3.63) is 40.4 Å². The van der Waals surface area contributed by atoms with Gasteiger partial charge < -0.3 is 14.4 Å². The smallest absolute Gasteiger partial charge is 0.410 e. The van der Waals surface area contributed by atoms with Gasteiger partial charge in [-0.1, -0.05) is 35.9 Å². The van der Waals surface area contributed by atoms with E-state index in [0.717, 1.165) is 0 Å². The van der Waals surface area contributed by atoms with E-state index in [0.29, 0.717) is 60.3 Å². The molecule has 3 rings (SSSR count). The van der Waals surface area contributed by atoms with E-state index in [2.05, 4.69) is 11.3 Å². The van der Waals surface area contributed by atoms with Gasteiger partial charge >= 0.3 is 6.09 Å². The average molecular weight is 653 g/mol. The van der Waals surface area contributed by atoms with Crippen molar-refractivity contribution >= 4 is 50.3 Å². The molecule has 41 heavy (non-hydrogen) atoms. The van der Waals surface area contributed by atoms with Crippen molar-refractivity contribution in [2.24, 2.45) is 5.92 Å². The number of piperidine rings is 1. The second kappa shape index (κ2) is 13.5. The summed E-state index contributed by atoms with van der Waals surface area (Å²) in [4.78, 5) is 14.0. The maximum Gasteiger partial charge on any atom is 0.410 e. The SMILES string of the molecule is C=CCOc1cc(Cl)c(Cl)cc1[C@H](NS(=O)C(C)(C)C)C1CCN(S(=O)(=O)C2CCN(C(=O)OC(C)(C)C)C2)CC1. The Labute approximate surface area is 257 Å². The van der Waals surface area contributed by atoms with Gasteiger partial charge in [0.05, 0.1) is 37.1 Å². The van der Waals surface area contributed by atoms with Gasteiger partial charge in [0.25, 0.3) is 0 Å². The summed E-state index contributed by atoms with van der Waals surface area (Å²) in [6.07, 6.45) is 2.55. The molecule has 2 aliphatic heterocycles. The molecule has 9 nitrogen and oxygen atoms in total. The van der Waals surface area contributed by atoms with Gasteiger partial charge in [0, 0.05) is 37.8 Å². The Morgan fingerprint density at radius 1 is 1.12 bits per heavy atom. The van der Waals surface area contributed by atoms with Gasteiger partial charge in [-0.2, -0.15) is 0 Å². The Morgan fingerprint density at radius 2 is 1.73 bits per heavy atom. The van der Waals surface area contributed by atoms with Crippen molar-refractivity contribution < 1.29 is 26.9 Å². The molecule has 0 spiro atoms. The number of halogens is 2. The Hall–Kier alpha value is -1.37. The van der Waals surface area contributed by atoms with Crippen LogP contribution in [-0.2, 0) is 25.7 Å². The highest BCUT2D eigenvalue weighted by Gasteiger charge is 2.42. The fourth-order valence-electron chi connectivity index (χ4n) is 4.90. The summed E-state index contributed by atoms with van der Waals surface area (Å²) in [5, 5.41) is 0.00249. The summed E-state index contributed by atoms with van der Waals surface area (Å²) in [6.45, 7) is 16.0. The average Bonchev–Trinajstić information content (AvgIpc) is 3.38. The number of hydrogen-bond acceptors (Lipinski definition) is 6. The minimum Gasteiger partial charge on any atom is -0.489 e. The summed E-state index contributed by atoms with van der Waals surface area (Å²) >= 11 is 12.7. The van der Waals surface area contributed by atoms with Crippen LogP contribution in [-0.4, -0.2) is 76.3 Å². The van der Waals surface area contributed by atoms with Crippen LogP contribution in [0, 0.1) is 5.92 Å². The maximum absolute atomic E-state index is 13.6. The molecule has 0 saturated carbocycles. The number of amides is 1. The predicted molar refractivity (Wildman–Crippen MR) is 165 cm³/mol. The number of ether oxygens (including phenoxy) is 2. The summed E-state index contributed by atoms with van der Waals surface area (Å²) in [5.41, 5.74) is 0.0613. The van der Waals surface area contributed by atoms with Gasteiger partial charge in [0.2, 0.25) is 10.0 Å². The molecule has 0 aliphatic carbocycles. The van der Waals surface area contributed by atoms with Crippen LogP contribution in [0.15, 0.2) is 24.8 Å². The third-order valence-electron chi connectivity index (χ3n) is 7.08. The lowest BCUT2D eigenvalue weighted by molar-refractivity contribution is 0.0295. The molecule has 0 radical (unpaired) electrons. The first kappa shape index (κ1) is 34.1. The first-order chi connectivity index (χ1) is 18.9. The van der Waals surface area contributed by atoms with Crippen LogP contribution >= 0.6 is 23.2 Å². The highest BCUT2D eigenvalue weighted by molar-refractivity contribution is 7.89. The molecule has 0 aromatic heterocycles. The molecular formula is C28H43Cl2N3O6S2. The van der Waals surface area contributed by atoms with Crippen LogP contribution in [0.5, 0.6) is 5.75 Å². The van der Waals surface area contributed by atoms with Gasteiger partial charge in [0.1, 0.15) is 18.0 Å². The Kier molecular flexibility index (Phi) is 11.2. The van der Waals surface area contributed by atoms with Crippen molar-refractivity contribution in [2.45, 2.75) is 82.4 Å². The molecule has 2 unspecified atom stereocenters. The molecule has 0 bridgehead atoms. The van der Waals surface area contributed by atoms with Crippen molar-refractivity contribution in [3.8, 4) is 5.75 Å². The van der Waals surface area contributed by atoms with Crippen LogP contribution in [0.4, 0.5) is 4.79 Å². The number of sulfonamides is 1. The fourth-order valence-corrected chi connectivity index (χ4v) is 8.05. The molecule has 232 valence electrons. The zero-order chi connectivity index (χ0) is 30.8. The number of rotatable bonds is 9. The summed E-state index contributed by atoms with van der Waals surface area (Å²) in [6, 6.07) is 2.95. The van der Waals surface area contributed by atoms with Gasteiger partial charge in [-0.05, 0) is 72.8 Å². The number of benzene rings is 1. The van der Waals surface area contributed by atoms with Crippen molar-refractivity contribution in [1.29, 1.82) is 0 Å². The quantitative estimate of drug-likeness (QED) is 0.343. The van der Waals surface area contributed by atoms with E-state index >= 15 is 0 Å². The van der Waals surface area contributed by atoms with Gasteiger partial charge in [-0.15, -0.1) is 0 Å². The molecule has 2 fully saturated rings. The van der Waals surface area contributed by atoms with Crippen LogP contribution in [0.1, 0.15) is 72.4 Å². The first-order valence-electron chi connectivity index (χ1n) is 13.8. The second-order valence-corrected chi connectivity index (χ2v) is 17.5. The lowest BCUT2D eigenvalue weighted by atomic mass is 9.86. The summed E-state index contributed by atoms with van der Waals surface area (Å²) in [5.74, 6) is 0.448. The van der Waals surface area contributed by atoms with E-state index in [1.165, 1.54) is 9.21 Å². The molecule has 1 aromatic rings. The molecule has 2 heterocycles. The summed E-state index contributed by atoms with van der Waals surface area (Å²) in [7, 11) is -5.06. The number of nitrogens with zero attached hydrogens (tertiary/aromatic N) is 2. The normalized spacial score (nSPS) is 21.0. The first-order valence-corrected chi connectivity index (χ1v) is 17.2. The topological polar surface area (TPSA) is 105 Å². The Bertz CT molecular complexity index is 1240. The fraction of sp³-hybridized carbons (Fsp3) is 0.679. The molecule has 1 amide bonds. The number of carbonyl (C=O) groups is 1. The standard InChI is InChI=1S/C28H43Cl2N3O6S2/c1-8-15-38-24-17-23(30)22(29)16-21(24)25(31-40(35)28(5,6)7)19-9-13-33(14-10-19)41(36,37)20-11-12-32(18-20)26(34)39-27(2,3)4/h8,16-17,19-20,25,31H,1,9-15,18H2,2-7H3/t20?,25-,40?/m1/s1. The van der Waals surface area contributed by atoms with E-state index in [1.807, 2.05) is 20.8 Å². The lowest BCUT2D eigenvalue weighted by Gasteiger charge is -2.38. The highest BCUT2D eigenvalue weighted by atomic mass is 35.5. The Balaban J connectivity index is 1.79.